The van der Waals surface area contributed by atoms with Crippen LogP contribution in [0.25, 0.3) is 0 Å². The Morgan fingerprint density at radius 2 is 1.71 bits per heavy atom. The maximum atomic E-state index is 13.5. The highest BCUT2D eigenvalue weighted by Gasteiger charge is 2.38. The zero-order valence-corrected chi connectivity index (χ0v) is 18.2. The van der Waals surface area contributed by atoms with Gasteiger partial charge in [0.05, 0.1) is 35.1 Å². The molecule has 0 saturated carbocycles. The number of carbonyl (C=O) groups is 1. The van der Waals surface area contributed by atoms with E-state index in [1.165, 1.54) is 4.31 Å². The lowest BCUT2D eigenvalue weighted by Gasteiger charge is -2.33. The minimum Gasteiger partial charge on any atom is -0.313 e. The van der Waals surface area contributed by atoms with Crippen molar-refractivity contribution in [1.29, 1.82) is 0 Å². The van der Waals surface area contributed by atoms with Gasteiger partial charge < -0.3 is 10.2 Å². The van der Waals surface area contributed by atoms with E-state index >= 15 is 0 Å². The van der Waals surface area contributed by atoms with E-state index in [-0.39, 0.29) is 29.6 Å². The minimum atomic E-state index is -3.80. The van der Waals surface area contributed by atoms with E-state index in [4.69, 9.17) is 0 Å². The lowest BCUT2D eigenvalue weighted by Crippen LogP contribution is -2.47. The van der Waals surface area contributed by atoms with Crippen molar-refractivity contribution in [2.45, 2.75) is 30.8 Å². The van der Waals surface area contributed by atoms with Gasteiger partial charge in [-0.25, -0.2) is 13.2 Å². The number of anilines is 2. The molecule has 1 aromatic heterocycles. The summed E-state index contributed by atoms with van der Waals surface area (Å²) in [6.07, 6.45) is 3.21. The Morgan fingerprint density at radius 3 is 2.42 bits per heavy atom. The van der Waals surface area contributed by atoms with E-state index in [2.05, 4.69) is 10.3 Å². The molecule has 1 aliphatic heterocycles. The number of pyridine rings is 1. The summed E-state index contributed by atoms with van der Waals surface area (Å²) in [4.78, 5) is 19.1. The van der Waals surface area contributed by atoms with E-state index in [0.29, 0.717) is 11.4 Å². The Bertz CT molecular complexity index is 1170. The first-order chi connectivity index (χ1) is 14.9. The molecular formula is C23H24N4O3S. The lowest BCUT2D eigenvalue weighted by atomic mass is 10.0. The summed E-state index contributed by atoms with van der Waals surface area (Å²) >= 11 is 0. The van der Waals surface area contributed by atoms with Gasteiger partial charge in [0.2, 0.25) is 0 Å². The molecule has 0 unspecified atom stereocenters. The van der Waals surface area contributed by atoms with Crippen LogP contribution in [0.2, 0.25) is 0 Å². The van der Waals surface area contributed by atoms with Crippen molar-refractivity contribution < 1.29 is 13.2 Å². The Morgan fingerprint density at radius 1 is 1.00 bits per heavy atom. The van der Waals surface area contributed by atoms with Crippen LogP contribution in [0.4, 0.5) is 16.2 Å². The fourth-order valence-corrected chi connectivity index (χ4v) is 5.57. The molecule has 4 rings (SSSR count). The first kappa shape index (κ1) is 20.9. The largest absolute Gasteiger partial charge is 0.322 e. The number of sulfonamides is 1. The van der Waals surface area contributed by atoms with Crippen LogP contribution in [0.15, 0.2) is 84.0 Å². The Balaban J connectivity index is 1.75. The predicted octanol–water partition coefficient (Wildman–Crippen LogP) is 4.27. The number of amides is 2. The fraction of sp³-hybridized carbons (Fsp3) is 0.217. The number of urea groups is 1. The van der Waals surface area contributed by atoms with E-state index < -0.39 is 10.0 Å². The zero-order chi connectivity index (χ0) is 22.0. The van der Waals surface area contributed by atoms with Crippen molar-refractivity contribution in [3.8, 4) is 0 Å². The quantitative estimate of drug-likeness (QED) is 0.665. The number of nitrogens with one attached hydrogen (secondary N) is 1. The SMILES string of the molecule is C[C@@H]1CN(S(=O)(=O)c2ccccc2)c2ccccc2[C@H](C)N1C(=O)Nc1cccnc1. The number of fused-ring (bicyclic) bond motifs is 1. The molecule has 0 saturated heterocycles. The Kier molecular flexibility index (Phi) is 5.65. The van der Waals surface area contributed by atoms with E-state index in [1.807, 2.05) is 32.0 Å². The summed E-state index contributed by atoms with van der Waals surface area (Å²) in [5, 5.41) is 2.87. The molecule has 7 nitrogen and oxygen atoms in total. The smallest absolute Gasteiger partial charge is 0.313 e. The van der Waals surface area contributed by atoms with Gasteiger partial charge in [0.25, 0.3) is 10.0 Å². The molecular weight excluding hydrogens is 412 g/mol. The average Bonchev–Trinajstić information content (AvgIpc) is 2.89. The third-order valence-electron chi connectivity index (χ3n) is 5.46. The molecule has 160 valence electrons. The number of aromatic nitrogens is 1. The van der Waals surface area contributed by atoms with Gasteiger partial charge in [0.15, 0.2) is 0 Å². The maximum absolute atomic E-state index is 13.5. The molecule has 2 heterocycles. The first-order valence-corrected chi connectivity index (χ1v) is 11.5. The van der Waals surface area contributed by atoms with Gasteiger partial charge in [-0.15, -0.1) is 0 Å². The minimum absolute atomic E-state index is 0.138. The van der Waals surface area contributed by atoms with Crippen molar-refractivity contribution >= 4 is 27.4 Å². The number of benzene rings is 2. The number of carbonyl (C=O) groups excluding carboxylic acids is 1. The van der Waals surface area contributed by atoms with Gasteiger partial charge in [-0.2, -0.15) is 0 Å². The van der Waals surface area contributed by atoms with Crippen LogP contribution in [-0.4, -0.2) is 36.9 Å². The second kappa shape index (κ2) is 8.39. The standard InChI is InChI=1S/C23H24N4O3S/c1-17-16-26(31(29,30)20-10-4-3-5-11-20)22-13-7-6-12-21(22)18(2)27(17)23(28)25-19-9-8-14-24-15-19/h3-15,17-18H,16H2,1-2H3,(H,25,28)/t17-,18+/m1/s1. The second-order valence-corrected chi connectivity index (χ2v) is 9.37. The summed E-state index contributed by atoms with van der Waals surface area (Å²) in [6, 6.07) is 18.2. The van der Waals surface area contributed by atoms with Crippen LogP contribution >= 0.6 is 0 Å². The zero-order valence-electron chi connectivity index (χ0n) is 17.3. The van der Waals surface area contributed by atoms with Crippen LogP contribution in [0.5, 0.6) is 0 Å². The van der Waals surface area contributed by atoms with Crippen molar-refractivity contribution in [3.63, 3.8) is 0 Å². The van der Waals surface area contributed by atoms with E-state index in [9.17, 15) is 13.2 Å². The average molecular weight is 437 g/mol. The van der Waals surface area contributed by atoms with E-state index in [0.717, 1.165) is 5.56 Å². The predicted molar refractivity (Wildman–Crippen MR) is 120 cm³/mol. The van der Waals surface area contributed by atoms with Gasteiger partial charge in [-0.05, 0) is 49.7 Å². The number of nitrogens with zero attached hydrogens (tertiary/aromatic N) is 3. The van der Waals surface area contributed by atoms with Crippen molar-refractivity contribution in [3.05, 3.63) is 84.7 Å². The summed E-state index contributed by atoms with van der Waals surface area (Å²) in [5.41, 5.74) is 1.94. The molecule has 2 amide bonds. The molecule has 2 atom stereocenters. The van der Waals surface area contributed by atoms with E-state index in [1.54, 1.807) is 65.8 Å². The normalized spacial score (nSPS) is 18.8. The highest BCUT2D eigenvalue weighted by molar-refractivity contribution is 7.92. The fourth-order valence-electron chi connectivity index (χ4n) is 3.97. The van der Waals surface area contributed by atoms with Crippen LogP contribution in [0.3, 0.4) is 0 Å². The van der Waals surface area contributed by atoms with Crippen LogP contribution in [0, 0.1) is 0 Å². The third-order valence-corrected chi connectivity index (χ3v) is 7.25. The van der Waals surface area contributed by atoms with Gasteiger partial charge in [0, 0.05) is 12.2 Å². The maximum Gasteiger partial charge on any atom is 0.322 e. The summed E-state index contributed by atoms with van der Waals surface area (Å²) in [7, 11) is -3.80. The summed E-state index contributed by atoms with van der Waals surface area (Å²) in [5.74, 6) is 0. The molecule has 31 heavy (non-hydrogen) atoms. The number of para-hydroxylation sites is 1. The second-order valence-electron chi connectivity index (χ2n) is 7.51. The van der Waals surface area contributed by atoms with Crippen LogP contribution in [0.1, 0.15) is 25.5 Å². The molecule has 0 fully saturated rings. The summed E-state index contributed by atoms with van der Waals surface area (Å²) < 4.78 is 28.5. The van der Waals surface area contributed by atoms with Crippen molar-refractivity contribution in [2.24, 2.45) is 0 Å². The first-order valence-electron chi connectivity index (χ1n) is 10.1. The monoisotopic (exact) mass is 436 g/mol. The molecule has 8 heteroatoms. The molecule has 0 radical (unpaired) electrons. The van der Waals surface area contributed by atoms with Crippen molar-refractivity contribution in [1.82, 2.24) is 9.88 Å². The Hall–Kier alpha value is -3.39. The Labute approximate surface area is 182 Å². The molecule has 1 N–H and O–H groups in total. The van der Waals surface area contributed by atoms with Gasteiger partial charge in [-0.1, -0.05) is 36.4 Å². The number of rotatable bonds is 3. The lowest BCUT2D eigenvalue weighted by molar-refractivity contribution is 0.172. The van der Waals surface area contributed by atoms with Crippen LogP contribution < -0.4 is 9.62 Å². The van der Waals surface area contributed by atoms with Crippen molar-refractivity contribution in [2.75, 3.05) is 16.2 Å². The molecule has 0 aliphatic carbocycles. The van der Waals surface area contributed by atoms with Crippen LogP contribution in [-0.2, 0) is 10.0 Å². The number of hydrogen-bond donors (Lipinski definition) is 1. The molecule has 0 bridgehead atoms. The summed E-state index contributed by atoms with van der Waals surface area (Å²) in [6.45, 7) is 3.91. The van der Waals surface area contributed by atoms with Gasteiger partial charge in [0.1, 0.15) is 0 Å². The highest BCUT2D eigenvalue weighted by Crippen LogP contribution is 2.38. The molecule has 0 spiro atoms. The third kappa shape index (κ3) is 3.98. The molecule has 3 aromatic rings. The molecule has 1 aliphatic rings. The highest BCUT2D eigenvalue weighted by atomic mass is 32.2. The van der Waals surface area contributed by atoms with Gasteiger partial charge >= 0.3 is 6.03 Å². The van der Waals surface area contributed by atoms with Gasteiger partial charge in [-0.3, -0.25) is 9.29 Å². The number of hydrogen-bond acceptors (Lipinski definition) is 4. The topological polar surface area (TPSA) is 82.6 Å². The molecule has 2 aromatic carbocycles.